The van der Waals surface area contributed by atoms with Gasteiger partial charge in [0.05, 0.1) is 6.61 Å². The zero-order valence-electron chi connectivity index (χ0n) is 18.0. The first-order valence-electron chi connectivity index (χ1n) is 10.6. The van der Waals surface area contributed by atoms with E-state index in [-0.39, 0.29) is 6.61 Å². The van der Waals surface area contributed by atoms with Crippen molar-refractivity contribution in [3.05, 3.63) is 91.0 Å². The van der Waals surface area contributed by atoms with E-state index in [0.29, 0.717) is 0 Å². The van der Waals surface area contributed by atoms with Crippen molar-refractivity contribution in [1.82, 2.24) is 0 Å². The molecule has 3 aromatic carbocycles. The second-order valence-electron chi connectivity index (χ2n) is 7.17. The monoisotopic (exact) mass is 446 g/mol. The molecule has 0 bridgehead atoms. The Morgan fingerprint density at radius 1 is 0.688 bits per heavy atom. The molecule has 0 saturated carbocycles. The zero-order chi connectivity index (χ0) is 22.7. The van der Waals surface area contributed by atoms with E-state index in [0.717, 1.165) is 34.8 Å². The molecular weight excluding hydrogens is 420 g/mol. The van der Waals surface area contributed by atoms with Crippen LogP contribution in [-0.4, -0.2) is 27.1 Å². The van der Waals surface area contributed by atoms with Crippen molar-refractivity contribution in [3.63, 3.8) is 0 Å². The van der Waals surface area contributed by atoms with E-state index in [1.807, 2.05) is 91.0 Å². The lowest BCUT2D eigenvalue weighted by Gasteiger charge is -2.31. The Morgan fingerprint density at radius 3 is 1.56 bits per heavy atom. The van der Waals surface area contributed by atoms with Gasteiger partial charge in [-0.1, -0.05) is 121 Å². The number of carbonyl (C=O) groups excluding carboxylic acids is 2. The summed E-state index contributed by atoms with van der Waals surface area (Å²) >= 11 is 0. The van der Waals surface area contributed by atoms with Gasteiger partial charge < -0.3 is 9.16 Å². The largest absolute Gasteiger partial charge is 0.487 e. The maximum atomic E-state index is 12.8. The van der Waals surface area contributed by atoms with Crippen molar-refractivity contribution < 1.29 is 18.8 Å². The summed E-state index contributed by atoms with van der Waals surface area (Å²) < 4.78 is 11.1. The van der Waals surface area contributed by atoms with Crippen molar-refractivity contribution in [1.29, 1.82) is 0 Å². The van der Waals surface area contributed by atoms with Gasteiger partial charge in [0.2, 0.25) is 0 Å². The third kappa shape index (κ3) is 5.76. The van der Waals surface area contributed by atoms with Gasteiger partial charge in [0, 0.05) is 0 Å². The average Bonchev–Trinajstić information content (AvgIpc) is 2.85. The molecule has 6 nitrogen and oxygen atoms in total. The van der Waals surface area contributed by atoms with Crippen LogP contribution in [0.3, 0.4) is 0 Å². The van der Waals surface area contributed by atoms with Gasteiger partial charge in [0.25, 0.3) is 0 Å². The third-order valence-electron chi connectivity index (χ3n) is 4.97. The molecule has 0 spiro atoms. The first-order valence-corrected chi connectivity index (χ1v) is 12.6. The zero-order valence-corrected chi connectivity index (χ0v) is 19.0. The smallest absolute Gasteiger partial charge is 0.452 e. The highest BCUT2D eigenvalue weighted by Gasteiger charge is 2.45. The molecule has 3 aromatic rings. The number of azo groups is 1. The fourth-order valence-corrected chi connectivity index (χ4v) is 7.11. The van der Waals surface area contributed by atoms with Crippen molar-refractivity contribution in [2.45, 2.75) is 26.2 Å². The summed E-state index contributed by atoms with van der Waals surface area (Å²) in [5.41, 5.74) is 0. The highest BCUT2D eigenvalue weighted by atomic mass is 28.4. The Bertz CT molecular complexity index is 931. The SMILES string of the molecule is CCCCCOC(=O)/N=N/C(=O)O[Si](c1ccccc1)(c1ccccc1)c1ccccc1. The molecule has 2 amide bonds. The number of carbonyl (C=O) groups is 2. The van der Waals surface area contributed by atoms with E-state index in [4.69, 9.17) is 9.16 Å². The molecule has 0 heterocycles. The maximum Gasteiger partial charge on any atom is 0.452 e. The minimum atomic E-state index is -3.25. The van der Waals surface area contributed by atoms with Crippen molar-refractivity contribution in [3.8, 4) is 0 Å². The van der Waals surface area contributed by atoms with Gasteiger partial charge in [0.15, 0.2) is 0 Å². The van der Waals surface area contributed by atoms with E-state index in [1.165, 1.54) is 0 Å². The molecule has 32 heavy (non-hydrogen) atoms. The molecular formula is C25H26N2O4Si. The minimum absolute atomic E-state index is 0.247. The van der Waals surface area contributed by atoms with Gasteiger partial charge >= 0.3 is 20.5 Å². The van der Waals surface area contributed by atoms with Gasteiger partial charge in [-0.15, -0.1) is 0 Å². The van der Waals surface area contributed by atoms with Gasteiger partial charge in [-0.05, 0) is 22.0 Å². The van der Waals surface area contributed by atoms with Gasteiger partial charge in [-0.3, -0.25) is 0 Å². The lowest BCUT2D eigenvalue weighted by atomic mass is 10.3. The first-order chi connectivity index (χ1) is 15.7. The Labute approximate surface area is 189 Å². The van der Waals surface area contributed by atoms with Crippen LogP contribution in [0.1, 0.15) is 26.2 Å². The Hall–Kier alpha value is -3.58. The van der Waals surface area contributed by atoms with Crippen LogP contribution in [0.4, 0.5) is 9.59 Å². The van der Waals surface area contributed by atoms with Crippen molar-refractivity contribution in [2.24, 2.45) is 10.2 Å². The van der Waals surface area contributed by atoms with Crippen LogP contribution in [0.5, 0.6) is 0 Å². The summed E-state index contributed by atoms with van der Waals surface area (Å²) in [7, 11) is -3.25. The quantitative estimate of drug-likeness (QED) is 0.220. The topological polar surface area (TPSA) is 77.3 Å². The normalized spacial score (nSPS) is 11.3. The average molecular weight is 447 g/mol. The van der Waals surface area contributed by atoms with Crippen LogP contribution < -0.4 is 15.6 Å². The molecule has 0 radical (unpaired) electrons. The number of unbranched alkanes of at least 4 members (excludes halogenated alkanes) is 2. The molecule has 0 fully saturated rings. The highest BCUT2D eigenvalue weighted by molar-refractivity contribution is 7.07. The number of hydrogen-bond donors (Lipinski definition) is 0. The molecule has 0 unspecified atom stereocenters. The summed E-state index contributed by atoms with van der Waals surface area (Å²) in [5.74, 6) is 0. The molecule has 3 rings (SSSR count). The molecule has 0 atom stereocenters. The summed E-state index contributed by atoms with van der Waals surface area (Å²) in [5, 5.41) is 9.54. The van der Waals surface area contributed by atoms with Crippen molar-refractivity contribution in [2.75, 3.05) is 6.61 Å². The summed E-state index contributed by atoms with van der Waals surface area (Å²) in [6.45, 7) is 2.30. The van der Waals surface area contributed by atoms with Gasteiger partial charge in [-0.2, -0.15) is 0 Å². The molecule has 164 valence electrons. The van der Waals surface area contributed by atoms with Crippen LogP contribution in [0, 0.1) is 0 Å². The van der Waals surface area contributed by atoms with E-state index in [1.54, 1.807) is 0 Å². The van der Waals surface area contributed by atoms with Gasteiger partial charge in [-0.25, -0.2) is 9.59 Å². The number of rotatable bonds is 8. The molecule has 0 aromatic heterocycles. The Balaban J connectivity index is 1.94. The molecule has 0 aliphatic carbocycles. The van der Waals surface area contributed by atoms with Gasteiger partial charge in [0.1, 0.15) is 0 Å². The lowest BCUT2D eigenvalue weighted by Crippen LogP contribution is -2.69. The van der Waals surface area contributed by atoms with Crippen LogP contribution in [0.15, 0.2) is 101 Å². The predicted molar refractivity (Wildman–Crippen MR) is 126 cm³/mol. The highest BCUT2D eigenvalue weighted by Crippen LogP contribution is 2.11. The molecule has 7 heteroatoms. The molecule has 0 saturated heterocycles. The fourth-order valence-electron chi connectivity index (χ4n) is 3.47. The minimum Gasteiger partial charge on any atom is -0.487 e. The number of benzene rings is 3. The van der Waals surface area contributed by atoms with E-state index in [9.17, 15) is 9.59 Å². The summed E-state index contributed by atoms with van der Waals surface area (Å²) in [6, 6.07) is 28.8. The molecule has 0 aliphatic heterocycles. The van der Waals surface area contributed by atoms with E-state index >= 15 is 0 Å². The number of ether oxygens (including phenoxy) is 1. The number of nitrogens with zero attached hydrogens (tertiary/aromatic N) is 2. The second-order valence-corrected chi connectivity index (χ2v) is 10.5. The van der Waals surface area contributed by atoms with Crippen molar-refractivity contribution >= 4 is 36.1 Å². The Kier molecular flexibility index (Phi) is 8.45. The second kappa shape index (κ2) is 11.7. The van der Waals surface area contributed by atoms with E-state index in [2.05, 4.69) is 17.2 Å². The number of hydrogen-bond acceptors (Lipinski definition) is 4. The van der Waals surface area contributed by atoms with Crippen LogP contribution in [-0.2, 0) is 9.16 Å². The molecule has 0 aliphatic rings. The van der Waals surface area contributed by atoms with Crippen LogP contribution >= 0.6 is 0 Å². The predicted octanol–water partition coefficient (Wildman–Crippen LogP) is 4.57. The third-order valence-corrected chi connectivity index (χ3v) is 8.89. The lowest BCUT2D eigenvalue weighted by molar-refractivity contribution is 0.152. The van der Waals surface area contributed by atoms with Crippen LogP contribution in [0.2, 0.25) is 0 Å². The standard InChI is InChI=1S/C25H26N2O4Si/c1-2-3-13-20-30-24(28)26-27-25(29)31-32(21-14-7-4-8-15-21,22-16-9-5-10-17-22)23-18-11-6-12-19-23/h4-12,14-19H,2-3,13,20H2,1H3/b27-26+. The maximum absolute atomic E-state index is 12.8. The first kappa shape index (κ1) is 23.1. The number of amides is 2. The molecule has 0 N–H and O–H groups in total. The summed E-state index contributed by atoms with van der Waals surface area (Å²) in [4.78, 5) is 24.6. The fraction of sp³-hybridized carbons (Fsp3) is 0.200. The summed E-state index contributed by atoms with van der Waals surface area (Å²) in [6.07, 6.45) is 0.875. The Morgan fingerprint density at radius 2 is 1.12 bits per heavy atom. The van der Waals surface area contributed by atoms with E-state index < -0.39 is 20.5 Å². The van der Waals surface area contributed by atoms with Crippen LogP contribution in [0.25, 0.3) is 0 Å².